The van der Waals surface area contributed by atoms with Gasteiger partial charge in [-0.25, -0.2) is 4.79 Å². The molecule has 0 radical (unpaired) electrons. The number of hydrogen-bond acceptors (Lipinski definition) is 4. The molecule has 0 bridgehead atoms. The van der Waals surface area contributed by atoms with Gasteiger partial charge in [-0.05, 0) is 37.7 Å². The first kappa shape index (κ1) is 18.7. The highest BCUT2D eigenvalue weighted by Crippen LogP contribution is 2.46. The van der Waals surface area contributed by atoms with Crippen molar-refractivity contribution < 1.29 is 9.53 Å². The molecule has 1 rings (SSSR count). The SMILES string of the molecule is CCOC(=O)C1(CCCCCCCCBr)SCCCS1. The topological polar surface area (TPSA) is 26.3 Å². The molecule has 0 aromatic carbocycles. The zero-order chi connectivity index (χ0) is 14.7. The van der Waals surface area contributed by atoms with Gasteiger partial charge in [-0.2, -0.15) is 0 Å². The van der Waals surface area contributed by atoms with Crippen LogP contribution in [0.2, 0.25) is 0 Å². The molecule has 1 saturated heterocycles. The lowest BCUT2D eigenvalue weighted by Crippen LogP contribution is -2.36. The van der Waals surface area contributed by atoms with Gasteiger partial charge in [-0.3, -0.25) is 0 Å². The summed E-state index contributed by atoms with van der Waals surface area (Å²) in [5, 5.41) is 1.12. The van der Waals surface area contributed by atoms with Gasteiger partial charge in [0.25, 0.3) is 0 Å². The van der Waals surface area contributed by atoms with Crippen molar-refractivity contribution in [2.75, 3.05) is 23.4 Å². The summed E-state index contributed by atoms with van der Waals surface area (Å²) in [5.74, 6) is 2.20. The molecular formula is C15H27BrO2S2. The molecule has 1 heterocycles. The summed E-state index contributed by atoms with van der Waals surface area (Å²) < 4.78 is 5.01. The Morgan fingerprint density at radius 1 is 1.10 bits per heavy atom. The van der Waals surface area contributed by atoms with Crippen molar-refractivity contribution in [3.05, 3.63) is 0 Å². The third-order valence-corrected chi connectivity index (χ3v) is 7.36. The molecule has 5 heteroatoms. The number of alkyl halides is 1. The third kappa shape index (κ3) is 6.61. The number of hydrogen-bond donors (Lipinski definition) is 0. The van der Waals surface area contributed by atoms with E-state index in [0.29, 0.717) is 6.61 Å². The molecule has 0 amide bonds. The number of carbonyl (C=O) groups excluding carboxylic acids is 1. The van der Waals surface area contributed by atoms with E-state index in [-0.39, 0.29) is 10.0 Å². The molecule has 0 aliphatic carbocycles. The van der Waals surface area contributed by atoms with E-state index in [1.54, 1.807) is 0 Å². The number of ether oxygens (including phenoxy) is 1. The molecule has 118 valence electrons. The van der Waals surface area contributed by atoms with Crippen molar-refractivity contribution in [3.63, 3.8) is 0 Å². The quantitative estimate of drug-likeness (QED) is 0.293. The Balaban J connectivity index is 2.28. The molecule has 0 unspecified atom stereocenters. The van der Waals surface area contributed by atoms with Gasteiger partial charge < -0.3 is 4.74 Å². The first-order chi connectivity index (χ1) is 9.75. The van der Waals surface area contributed by atoms with Gasteiger partial charge in [-0.15, -0.1) is 23.5 Å². The lowest BCUT2D eigenvalue weighted by Gasteiger charge is -2.33. The molecule has 1 aliphatic rings. The monoisotopic (exact) mass is 382 g/mol. The van der Waals surface area contributed by atoms with Crippen molar-refractivity contribution in [3.8, 4) is 0 Å². The van der Waals surface area contributed by atoms with Gasteiger partial charge in [-0.1, -0.05) is 48.0 Å². The average Bonchev–Trinajstić information content (AvgIpc) is 2.47. The largest absolute Gasteiger partial charge is 0.464 e. The second-order valence-corrected chi connectivity index (χ2v) is 8.92. The second-order valence-electron chi connectivity index (χ2n) is 5.08. The van der Waals surface area contributed by atoms with Crippen molar-refractivity contribution in [1.82, 2.24) is 0 Å². The first-order valence-corrected chi connectivity index (χ1v) is 10.9. The molecule has 0 aromatic rings. The maximum Gasteiger partial charge on any atom is 0.332 e. The summed E-state index contributed by atoms with van der Waals surface area (Å²) in [6, 6.07) is 0. The molecule has 0 atom stereocenters. The van der Waals surface area contributed by atoms with Crippen LogP contribution in [0.25, 0.3) is 0 Å². The number of esters is 1. The maximum atomic E-state index is 12.3. The number of halogens is 1. The Morgan fingerprint density at radius 2 is 1.70 bits per heavy atom. The Labute approximate surface area is 140 Å². The lowest BCUT2D eigenvalue weighted by atomic mass is 10.1. The molecule has 0 aromatic heterocycles. The van der Waals surface area contributed by atoms with Crippen LogP contribution in [0.4, 0.5) is 0 Å². The van der Waals surface area contributed by atoms with E-state index in [0.717, 1.165) is 29.7 Å². The predicted octanol–water partition coefficient (Wildman–Crippen LogP) is 5.24. The lowest BCUT2D eigenvalue weighted by molar-refractivity contribution is -0.143. The standard InChI is InChI=1S/C15H27BrO2S2/c1-2-18-14(17)15(19-12-9-13-20-15)10-7-5-3-4-6-8-11-16/h2-13H2,1H3. The summed E-state index contributed by atoms with van der Waals surface area (Å²) in [5.41, 5.74) is 0. The second kappa shape index (κ2) is 11.2. The normalized spacial score (nSPS) is 17.9. The van der Waals surface area contributed by atoms with Gasteiger partial charge in [0.2, 0.25) is 0 Å². The van der Waals surface area contributed by atoms with Crippen LogP contribution in [0.1, 0.15) is 58.3 Å². The Hall–Kier alpha value is 0.650. The Morgan fingerprint density at radius 3 is 2.30 bits per heavy atom. The summed E-state index contributed by atoms with van der Waals surface area (Å²) in [7, 11) is 0. The molecule has 20 heavy (non-hydrogen) atoms. The minimum absolute atomic E-state index is 0.00832. The van der Waals surface area contributed by atoms with Gasteiger partial charge in [0.15, 0.2) is 4.08 Å². The minimum atomic E-state index is -0.301. The number of unbranched alkanes of at least 4 members (excludes halogenated alkanes) is 5. The fraction of sp³-hybridized carbons (Fsp3) is 0.933. The zero-order valence-corrected chi connectivity index (χ0v) is 15.7. The van der Waals surface area contributed by atoms with E-state index in [1.807, 2.05) is 30.4 Å². The summed E-state index contributed by atoms with van der Waals surface area (Å²) in [6.45, 7) is 2.39. The molecule has 1 fully saturated rings. The van der Waals surface area contributed by atoms with Crippen LogP contribution in [0, 0.1) is 0 Å². The number of thioether (sulfide) groups is 2. The smallest absolute Gasteiger partial charge is 0.332 e. The highest BCUT2D eigenvalue weighted by molar-refractivity contribution is 9.09. The highest BCUT2D eigenvalue weighted by atomic mass is 79.9. The van der Waals surface area contributed by atoms with Crippen LogP contribution in [-0.4, -0.2) is 33.5 Å². The average molecular weight is 383 g/mol. The van der Waals surface area contributed by atoms with Gasteiger partial charge in [0.1, 0.15) is 0 Å². The number of rotatable bonds is 10. The predicted molar refractivity (Wildman–Crippen MR) is 95.0 cm³/mol. The van der Waals surface area contributed by atoms with Gasteiger partial charge >= 0.3 is 5.97 Å². The van der Waals surface area contributed by atoms with Crippen LogP contribution >= 0.6 is 39.5 Å². The zero-order valence-electron chi connectivity index (χ0n) is 12.5. The molecule has 2 nitrogen and oxygen atoms in total. The third-order valence-electron chi connectivity index (χ3n) is 3.44. The van der Waals surface area contributed by atoms with Gasteiger partial charge in [0.05, 0.1) is 6.61 Å². The van der Waals surface area contributed by atoms with Crippen LogP contribution in [-0.2, 0) is 9.53 Å². The summed E-state index contributed by atoms with van der Waals surface area (Å²) in [6.07, 6.45) is 9.77. The van der Waals surface area contributed by atoms with E-state index in [2.05, 4.69) is 15.9 Å². The van der Waals surface area contributed by atoms with E-state index >= 15 is 0 Å². The fourth-order valence-corrected chi connectivity index (χ4v) is 5.92. The fourth-order valence-electron chi connectivity index (χ4n) is 2.34. The first-order valence-electron chi connectivity index (χ1n) is 7.76. The van der Waals surface area contributed by atoms with E-state index in [4.69, 9.17) is 4.74 Å². The van der Waals surface area contributed by atoms with Crippen molar-refractivity contribution in [2.24, 2.45) is 0 Å². The molecule has 0 saturated carbocycles. The van der Waals surface area contributed by atoms with Crippen LogP contribution in [0.3, 0.4) is 0 Å². The Kier molecular flexibility index (Phi) is 10.5. The van der Waals surface area contributed by atoms with Crippen LogP contribution in [0.5, 0.6) is 0 Å². The summed E-state index contributed by atoms with van der Waals surface area (Å²) in [4.78, 5) is 12.3. The minimum Gasteiger partial charge on any atom is -0.464 e. The van der Waals surface area contributed by atoms with Crippen molar-refractivity contribution in [1.29, 1.82) is 0 Å². The molecule has 0 spiro atoms. The Bertz CT molecular complexity index is 269. The van der Waals surface area contributed by atoms with E-state index in [1.165, 1.54) is 38.5 Å². The summed E-state index contributed by atoms with van der Waals surface area (Å²) >= 11 is 7.09. The van der Waals surface area contributed by atoms with E-state index < -0.39 is 0 Å². The highest BCUT2D eigenvalue weighted by Gasteiger charge is 2.42. The van der Waals surface area contributed by atoms with Crippen molar-refractivity contribution in [2.45, 2.75) is 62.4 Å². The molecule has 0 N–H and O–H groups in total. The maximum absolute atomic E-state index is 12.3. The molecule has 1 aliphatic heterocycles. The van der Waals surface area contributed by atoms with Gasteiger partial charge in [0, 0.05) is 5.33 Å². The molecular weight excluding hydrogens is 356 g/mol. The van der Waals surface area contributed by atoms with Crippen molar-refractivity contribution >= 4 is 45.4 Å². The van der Waals surface area contributed by atoms with E-state index in [9.17, 15) is 4.79 Å². The number of carbonyl (C=O) groups is 1. The van der Waals surface area contributed by atoms with Crippen LogP contribution < -0.4 is 0 Å². The van der Waals surface area contributed by atoms with Crippen LogP contribution in [0.15, 0.2) is 0 Å².